The van der Waals surface area contributed by atoms with Gasteiger partial charge in [-0.3, -0.25) is 14.4 Å². The molecular weight excluding hydrogens is 705 g/mol. The highest BCUT2D eigenvalue weighted by molar-refractivity contribution is 6.08. The van der Waals surface area contributed by atoms with Crippen LogP contribution in [0.15, 0.2) is 91.6 Å². The fraction of sp³-hybridized carbons (Fsp3) is 0.422. The van der Waals surface area contributed by atoms with Gasteiger partial charge in [-0.05, 0) is 40.7 Å². The number of aromatic nitrogens is 1. The Morgan fingerprint density at radius 1 is 0.982 bits per heavy atom. The average Bonchev–Trinajstić information content (AvgIpc) is 3.61. The lowest BCUT2D eigenvalue weighted by atomic mass is 9.87. The summed E-state index contributed by atoms with van der Waals surface area (Å²) in [6.45, 7) is 12.7. The lowest BCUT2D eigenvalue weighted by Crippen LogP contribution is -2.76. The van der Waals surface area contributed by atoms with Gasteiger partial charge in [0.05, 0.1) is 24.6 Å². The van der Waals surface area contributed by atoms with Crippen molar-refractivity contribution < 1.29 is 24.3 Å². The molecule has 4 aromatic rings. The number of unbranched alkanes of at least 4 members (excludes halogenated alkanes) is 3. The quantitative estimate of drug-likeness (QED) is 0.0646. The highest BCUT2D eigenvalue weighted by atomic mass is 16.3. The molecule has 3 atom stereocenters. The third-order valence-corrected chi connectivity index (χ3v) is 10.8. The average molecular weight is 761 g/mol. The van der Waals surface area contributed by atoms with Gasteiger partial charge in [-0.2, -0.15) is 0 Å². The molecule has 2 saturated heterocycles. The van der Waals surface area contributed by atoms with Gasteiger partial charge in [-0.25, -0.2) is 14.8 Å². The van der Waals surface area contributed by atoms with Gasteiger partial charge in [0, 0.05) is 43.1 Å². The summed E-state index contributed by atoms with van der Waals surface area (Å²) in [4.78, 5) is 64.2. The predicted molar refractivity (Wildman–Crippen MR) is 218 cm³/mol. The van der Waals surface area contributed by atoms with Crippen LogP contribution in [0.1, 0.15) is 99.3 Å². The molecule has 3 heterocycles. The largest absolute Gasteiger partial charge is 0.508 e. The summed E-state index contributed by atoms with van der Waals surface area (Å²) in [5, 5.41) is 17.3. The van der Waals surface area contributed by atoms with Crippen molar-refractivity contribution in [3.8, 4) is 5.75 Å². The van der Waals surface area contributed by atoms with Crippen molar-refractivity contribution >= 4 is 34.5 Å². The summed E-state index contributed by atoms with van der Waals surface area (Å²) in [7, 11) is 0. The number of hydrogen-bond acceptors (Lipinski definition) is 6. The van der Waals surface area contributed by atoms with Crippen LogP contribution in [0.2, 0.25) is 0 Å². The van der Waals surface area contributed by atoms with Crippen molar-refractivity contribution in [3.05, 3.63) is 114 Å². The van der Waals surface area contributed by atoms with Crippen molar-refractivity contribution in [2.45, 2.75) is 97.4 Å². The molecule has 11 nitrogen and oxygen atoms in total. The number of aromatic amines is 1. The van der Waals surface area contributed by atoms with Crippen LogP contribution in [0.3, 0.4) is 0 Å². The number of urea groups is 1. The van der Waals surface area contributed by atoms with Crippen molar-refractivity contribution in [3.63, 3.8) is 0 Å². The third kappa shape index (κ3) is 8.99. The predicted octanol–water partition coefficient (Wildman–Crippen LogP) is 7.74. The van der Waals surface area contributed by atoms with Gasteiger partial charge < -0.3 is 25.2 Å². The molecule has 0 radical (unpaired) electrons. The number of hydrazine groups is 1. The third-order valence-electron chi connectivity index (χ3n) is 10.8. The number of para-hydroxylation sites is 1. The summed E-state index contributed by atoms with van der Waals surface area (Å²) in [5.41, 5.74) is 3.84. The molecule has 3 unspecified atom stereocenters. The molecule has 11 heteroatoms. The summed E-state index contributed by atoms with van der Waals surface area (Å²) in [6, 6.07) is 20.5. The Balaban J connectivity index is 1.45. The highest BCUT2D eigenvalue weighted by Crippen LogP contribution is 2.39. The van der Waals surface area contributed by atoms with Crippen molar-refractivity contribution in [1.82, 2.24) is 30.1 Å². The second kappa shape index (κ2) is 17.6. The highest BCUT2D eigenvalue weighted by Gasteiger charge is 2.52. The van der Waals surface area contributed by atoms with Crippen LogP contribution >= 0.6 is 0 Å². The fourth-order valence-electron chi connectivity index (χ4n) is 8.16. The number of phenols is 1. The Morgan fingerprint density at radius 3 is 2.43 bits per heavy atom. The SMILES string of the molecule is C=CCN1CC(=O)N2C(Cc3ccc(O)cc3)C(=O)N(C(CCCCCC)c3cccc4c(C(=O)CC(C)(C)C)c[nH]c34)CC2N1C(=O)NCc1ccccc1. The number of nitrogens with one attached hydrogen (secondary N) is 2. The molecule has 3 aromatic carbocycles. The number of carbonyl (C=O) groups excluding carboxylic acids is 4. The minimum atomic E-state index is -0.925. The molecule has 2 aliphatic rings. The molecule has 0 saturated carbocycles. The number of ketones is 1. The number of fused-ring (bicyclic) bond motifs is 2. The molecule has 3 N–H and O–H groups in total. The normalized spacial score (nSPS) is 18.2. The van der Waals surface area contributed by atoms with E-state index in [4.69, 9.17) is 0 Å². The monoisotopic (exact) mass is 760 g/mol. The molecule has 0 bridgehead atoms. The molecule has 1 aromatic heterocycles. The Kier molecular flexibility index (Phi) is 12.6. The zero-order valence-electron chi connectivity index (χ0n) is 33.2. The topological polar surface area (TPSA) is 129 Å². The number of aromatic hydroxyl groups is 1. The van der Waals surface area contributed by atoms with E-state index in [9.17, 15) is 19.5 Å². The number of H-pyrrole nitrogens is 1. The maximum Gasteiger partial charge on any atom is 0.334 e. The smallest absolute Gasteiger partial charge is 0.334 e. The van der Waals surface area contributed by atoms with E-state index in [0.717, 1.165) is 53.3 Å². The van der Waals surface area contributed by atoms with Crippen LogP contribution < -0.4 is 5.32 Å². The van der Waals surface area contributed by atoms with Crippen LogP contribution in [-0.2, 0) is 22.6 Å². The van der Waals surface area contributed by atoms with Gasteiger partial charge in [0.1, 0.15) is 18.0 Å². The molecule has 6 rings (SSSR count). The lowest BCUT2D eigenvalue weighted by molar-refractivity contribution is -0.191. The van der Waals surface area contributed by atoms with Crippen molar-refractivity contribution in [2.75, 3.05) is 19.6 Å². The molecule has 2 fully saturated rings. The van der Waals surface area contributed by atoms with E-state index in [1.807, 2.05) is 53.4 Å². The number of nitrogens with zero attached hydrogens (tertiary/aromatic N) is 4. The van der Waals surface area contributed by atoms with Gasteiger partial charge in [-0.15, -0.1) is 6.58 Å². The number of phenolic OH excluding ortho intramolecular Hbond substituents is 1. The molecule has 296 valence electrons. The van der Waals surface area contributed by atoms with E-state index in [1.165, 1.54) is 0 Å². The number of carbonyl (C=O) groups is 4. The van der Waals surface area contributed by atoms with Crippen LogP contribution in [0.4, 0.5) is 4.79 Å². The zero-order chi connectivity index (χ0) is 40.0. The molecule has 56 heavy (non-hydrogen) atoms. The summed E-state index contributed by atoms with van der Waals surface area (Å²) < 4.78 is 0. The van der Waals surface area contributed by atoms with E-state index in [2.05, 4.69) is 44.6 Å². The maximum atomic E-state index is 15.2. The minimum absolute atomic E-state index is 0.0548. The molecular formula is C45H56N6O5. The van der Waals surface area contributed by atoms with Crippen LogP contribution in [0.25, 0.3) is 10.9 Å². The molecule has 0 spiro atoms. The Bertz CT molecular complexity index is 2020. The summed E-state index contributed by atoms with van der Waals surface area (Å²) in [5.74, 6) is -0.310. The number of amides is 4. The van der Waals surface area contributed by atoms with E-state index in [0.29, 0.717) is 18.4 Å². The van der Waals surface area contributed by atoms with Crippen molar-refractivity contribution in [2.24, 2.45) is 5.41 Å². The first kappa shape index (κ1) is 40.2. The zero-order valence-corrected chi connectivity index (χ0v) is 33.2. The minimum Gasteiger partial charge on any atom is -0.508 e. The second-order valence-electron chi connectivity index (χ2n) is 16.3. The Hall–Kier alpha value is -5.42. The lowest BCUT2D eigenvalue weighted by Gasteiger charge is -2.56. The summed E-state index contributed by atoms with van der Waals surface area (Å²) in [6.07, 6.45) is 7.82. The number of Topliss-reactive ketones (excluding diaryl/α,β-unsaturated/α-hetero) is 1. The van der Waals surface area contributed by atoms with Gasteiger partial charge in [0.25, 0.3) is 0 Å². The second-order valence-corrected chi connectivity index (χ2v) is 16.3. The molecule has 0 aliphatic carbocycles. The maximum absolute atomic E-state index is 15.2. The van der Waals surface area contributed by atoms with Gasteiger partial charge in [-0.1, -0.05) is 120 Å². The number of rotatable bonds is 15. The first-order chi connectivity index (χ1) is 26.9. The molecule has 4 amide bonds. The number of piperazine rings is 1. The standard InChI is InChI=1S/C45H56N6O5/c1-6-8-9-13-19-37(35-18-14-17-34-36(28-46-42(34)35)39(53)26-45(3,4)5)49-29-40-50(38(43(49)55)25-31-20-22-33(52)23-21-31)41(54)30-48(24-7-2)51(40)44(56)47-27-32-15-11-10-12-16-32/h7,10-12,14-18,20-23,28,37-38,40,46,52H,2,6,8-9,13,19,24-27,29-30H2,1,3-5H3,(H,47,56). The van der Waals surface area contributed by atoms with E-state index < -0.39 is 18.2 Å². The van der Waals surface area contributed by atoms with E-state index in [-0.39, 0.29) is 67.4 Å². The number of benzene rings is 3. The van der Waals surface area contributed by atoms with Gasteiger partial charge >= 0.3 is 6.03 Å². The van der Waals surface area contributed by atoms with Crippen molar-refractivity contribution in [1.29, 1.82) is 0 Å². The molecule has 2 aliphatic heterocycles. The van der Waals surface area contributed by atoms with Crippen LogP contribution in [0, 0.1) is 5.41 Å². The summed E-state index contributed by atoms with van der Waals surface area (Å²) >= 11 is 0. The Morgan fingerprint density at radius 2 is 1.73 bits per heavy atom. The van der Waals surface area contributed by atoms with E-state index in [1.54, 1.807) is 51.5 Å². The Labute approximate surface area is 330 Å². The van der Waals surface area contributed by atoms with Gasteiger partial charge in [0.2, 0.25) is 11.8 Å². The van der Waals surface area contributed by atoms with Crippen LogP contribution in [0.5, 0.6) is 5.75 Å². The van der Waals surface area contributed by atoms with Gasteiger partial charge in [0.15, 0.2) is 5.78 Å². The number of hydrogen-bond donors (Lipinski definition) is 3. The first-order valence-electron chi connectivity index (χ1n) is 19.9. The first-order valence-corrected chi connectivity index (χ1v) is 19.9. The fourth-order valence-corrected chi connectivity index (χ4v) is 8.16. The van der Waals surface area contributed by atoms with E-state index >= 15 is 4.79 Å². The van der Waals surface area contributed by atoms with Crippen LogP contribution in [-0.4, -0.2) is 85.4 Å².